The van der Waals surface area contributed by atoms with Crippen molar-refractivity contribution in [3.63, 3.8) is 0 Å². The first-order valence-corrected chi connectivity index (χ1v) is 2.08. The van der Waals surface area contributed by atoms with Crippen LogP contribution in [0, 0.1) is 6.92 Å². The number of carbonyl (C=O) groups is 1. The molecular formula is C5H4N2O. The maximum Gasteiger partial charge on any atom is 0.236 e. The number of imidazole rings is 1. The molecule has 1 heterocycles. The molecule has 8 heavy (non-hydrogen) atoms. The minimum absolute atomic E-state index is 0.512. The number of nitrogens with zero attached hydrogens (tertiary/aromatic N) is 2. The standard InChI is InChI=1S/C5H4N2O/c1-5(8)7-3-2-6-4-7/h1-4H. The van der Waals surface area contributed by atoms with Gasteiger partial charge in [-0.15, -0.1) is 0 Å². The lowest BCUT2D eigenvalue weighted by molar-refractivity contribution is 0.0966. The van der Waals surface area contributed by atoms with Gasteiger partial charge in [-0.05, 0) is 0 Å². The van der Waals surface area contributed by atoms with Crippen LogP contribution in [-0.4, -0.2) is 15.5 Å². The molecule has 3 heteroatoms. The predicted octanol–water partition coefficient (Wildman–Crippen LogP) is 0.234. The number of hydrogen-bond acceptors (Lipinski definition) is 2. The van der Waals surface area contributed by atoms with Gasteiger partial charge in [0.25, 0.3) is 0 Å². The van der Waals surface area contributed by atoms with Gasteiger partial charge in [-0.1, -0.05) is 0 Å². The summed E-state index contributed by atoms with van der Waals surface area (Å²) >= 11 is 0. The second-order valence-electron chi connectivity index (χ2n) is 1.31. The normalized spacial score (nSPS) is 9.12. The Labute approximate surface area is 47.0 Å². The van der Waals surface area contributed by atoms with Crippen molar-refractivity contribution in [2.45, 2.75) is 0 Å². The molecule has 0 spiro atoms. The van der Waals surface area contributed by atoms with E-state index in [-0.39, 0.29) is 0 Å². The highest BCUT2D eigenvalue weighted by Gasteiger charge is 1.90. The van der Waals surface area contributed by atoms with Crippen LogP contribution in [-0.2, 0) is 0 Å². The van der Waals surface area contributed by atoms with Gasteiger partial charge in [-0.25, -0.2) is 4.98 Å². The summed E-state index contributed by atoms with van der Waals surface area (Å²) < 4.78 is 1.19. The molecule has 0 saturated heterocycles. The fourth-order valence-corrected chi connectivity index (χ4v) is 0.389. The maximum absolute atomic E-state index is 10.2. The molecule has 0 aromatic carbocycles. The van der Waals surface area contributed by atoms with Crippen LogP contribution in [0.5, 0.6) is 0 Å². The minimum Gasteiger partial charge on any atom is -0.276 e. The summed E-state index contributed by atoms with van der Waals surface area (Å²) in [6.07, 6.45) is 4.33. The smallest absolute Gasteiger partial charge is 0.236 e. The lowest BCUT2D eigenvalue weighted by Gasteiger charge is -1.86. The topological polar surface area (TPSA) is 34.9 Å². The molecule has 0 unspecified atom stereocenters. The molecule has 0 fully saturated rings. The summed E-state index contributed by atoms with van der Waals surface area (Å²) in [6.45, 7) is 4.84. The van der Waals surface area contributed by atoms with Crippen molar-refractivity contribution in [1.29, 1.82) is 0 Å². The zero-order valence-corrected chi connectivity index (χ0v) is 4.11. The van der Waals surface area contributed by atoms with E-state index in [2.05, 4.69) is 4.98 Å². The minimum atomic E-state index is -0.512. The molecule has 0 aliphatic heterocycles. The fraction of sp³-hybridized carbons (Fsp3) is 0. The monoisotopic (exact) mass is 108 g/mol. The van der Waals surface area contributed by atoms with E-state index < -0.39 is 5.91 Å². The number of carbonyl (C=O) groups excluding carboxylic acids is 1. The second-order valence-corrected chi connectivity index (χ2v) is 1.31. The van der Waals surface area contributed by atoms with Gasteiger partial charge in [0.2, 0.25) is 5.91 Å². The van der Waals surface area contributed by atoms with Crippen LogP contribution in [0.3, 0.4) is 0 Å². The zero-order valence-electron chi connectivity index (χ0n) is 4.11. The van der Waals surface area contributed by atoms with E-state index in [1.54, 1.807) is 0 Å². The molecule has 3 nitrogen and oxygen atoms in total. The van der Waals surface area contributed by atoms with Gasteiger partial charge in [0.15, 0.2) is 0 Å². The van der Waals surface area contributed by atoms with E-state index in [9.17, 15) is 4.79 Å². The van der Waals surface area contributed by atoms with Crippen LogP contribution in [0.25, 0.3) is 0 Å². The maximum atomic E-state index is 10.2. The van der Waals surface area contributed by atoms with Crippen LogP contribution in [0.15, 0.2) is 18.7 Å². The summed E-state index contributed by atoms with van der Waals surface area (Å²) in [4.78, 5) is 13.8. The number of hydrogen-bond donors (Lipinski definition) is 0. The number of aromatic nitrogens is 2. The highest BCUT2D eigenvalue weighted by molar-refractivity contribution is 5.82. The summed E-state index contributed by atoms with van der Waals surface area (Å²) in [6, 6.07) is 0. The zero-order chi connectivity index (χ0) is 5.98. The highest BCUT2D eigenvalue weighted by Crippen LogP contribution is 1.81. The summed E-state index contributed by atoms with van der Waals surface area (Å²) in [7, 11) is 0. The molecule has 0 bridgehead atoms. The average molecular weight is 108 g/mol. The van der Waals surface area contributed by atoms with Crippen molar-refractivity contribution in [2.75, 3.05) is 0 Å². The van der Waals surface area contributed by atoms with Crippen molar-refractivity contribution in [2.24, 2.45) is 0 Å². The second kappa shape index (κ2) is 1.78. The SMILES string of the molecule is [CH]C(=O)n1ccnc1. The predicted molar refractivity (Wildman–Crippen MR) is 27.2 cm³/mol. The molecule has 0 atom stereocenters. The highest BCUT2D eigenvalue weighted by atomic mass is 16.1. The van der Waals surface area contributed by atoms with Gasteiger partial charge in [-0.2, -0.15) is 0 Å². The molecule has 0 N–H and O–H groups in total. The Kier molecular flexibility index (Phi) is 1.12. The van der Waals surface area contributed by atoms with E-state index >= 15 is 0 Å². The molecule has 1 rings (SSSR count). The molecule has 0 amide bonds. The Bertz CT molecular complexity index is 178. The van der Waals surface area contributed by atoms with Gasteiger partial charge in [-0.3, -0.25) is 9.36 Å². The summed E-state index contributed by atoms with van der Waals surface area (Å²) in [5.74, 6) is -0.512. The van der Waals surface area contributed by atoms with Crippen molar-refractivity contribution >= 4 is 5.91 Å². The van der Waals surface area contributed by atoms with Crippen LogP contribution >= 0.6 is 0 Å². The number of rotatable bonds is 0. The fourth-order valence-electron chi connectivity index (χ4n) is 0.389. The molecule has 0 aliphatic rings. The first kappa shape index (κ1) is 5.03. The first-order chi connectivity index (χ1) is 3.80. The molecule has 40 valence electrons. The lowest BCUT2D eigenvalue weighted by atomic mass is 10.7. The molecule has 0 saturated carbocycles. The van der Waals surface area contributed by atoms with Crippen molar-refractivity contribution in [1.82, 2.24) is 9.55 Å². The van der Waals surface area contributed by atoms with E-state index in [1.807, 2.05) is 0 Å². The summed E-state index contributed by atoms with van der Waals surface area (Å²) in [5.41, 5.74) is 0. The van der Waals surface area contributed by atoms with Gasteiger partial charge < -0.3 is 0 Å². The quantitative estimate of drug-likeness (QED) is 0.477. The van der Waals surface area contributed by atoms with E-state index in [0.29, 0.717) is 0 Å². The average Bonchev–Trinajstić information content (AvgIpc) is 2.12. The molecular weight excluding hydrogens is 104 g/mol. The van der Waals surface area contributed by atoms with Crippen molar-refractivity contribution in [3.05, 3.63) is 25.6 Å². The van der Waals surface area contributed by atoms with Crippen LogP contribution in [0.1, 0.15) is 4.79 Å². The summed E-state index contributed by atoms with van der Waals surface area (Å²) in [5, 5.41) is 0. The van der Waals surface area contributed by atoms with Crippen molar-refractivity contribution < 1.29 is 4.79 Å². The molecule has 2 radical (unpaired) electrons. The van der Waals surface area contributed by atoms with Gasteiger partial charge in [0, 0.05) is 12.4 Å². The third-order valence-corrected chi connectivity index (χ3v) is 0.759. The third-order valence-electron chi connectivity index (χ3n) is 0.759. The largest absolute Gasteiger partial charge is 0.276 e. The third kappa shape index (κ3) is 0.753. The van der Waals surface area contributed by atoms with E-state index in [1.165, 1.54) is 23.3 Å². The van der Waals surface area contributed by atoms with Crippen LogP contribution < -0.4 is 0 Å². The van der Waals surface area contributed by atoms with Gasteiger partial charge in [0.05, 0.1) is 6.92 Å². The Balaban J connectivity index is 2.93. The van der Waals surface area contributed by atoms with E-state index in [0.717, 1.165) is 0 Å². The molecule has 1 aromatic heterocycles. The van der Waals surface area contributed by atoms with E-state index in [4.69, 9.17) is 6.92 Å². The van der Waals surface area contributed by atoms with Crippen LogP contribution in [0.4, 0.5) is 0 Å². The Morgan fingerprint density at radius 3 is 2.75 bits per heavy atom. The lowest BCUT2D eigenvalue weighted by Crippen LogP contribution is -2.01. The Hall–Kier alpha value is -1.12. The van der Waals surface area contributed by atoms with Crippen molar-refractivity contribution in [3.8, 4) is 0 Å². The Morgan fingerprint density at radius 1 is 1.75 bits per heavy atom. The Morgan fingerprint density at radius 2 is 2.50 bits per heavy atom. The molecule has 1 aromatic rings. The van der Waals surface area contributed by atoms with Crippen LogP contribution in [0.2, 0.25) is 0 Å². The van der Waals surface area contributed by atoms with Gasteiger partial charge in [0.1, 0.15) is 6.33 Å². The molecule has 0 aliphatic carbocycles. The van der Waals surface area contributed by atoms with Gasteiger partial charge >= 0.3 is 0 Å². The first-order valence-electron chi connectivity index (χ1n) is 2.08.